The average molecular weight is 461 g/mol. The molecule has 0 aliphatic heterocycles. The minimum Gasteiger partial charge on any atom is -0.480 e. The van der Waals surface area contributed by atoms with Gasteiger partial charge in [-0.05, 0) is 60.3 Å². The van der Waals surface area contributed by atoms with Crippen molar-refractivity contribution in [3.05, 3.63) is 59.7 Å². The zero-order valence-electron chi connectivity index (χ0n) is 18.0. The van der Waals surface area contributed by atoms with E-state index in [1.54, 1.807) is 0 Å². The lowest BCUT2D eigenvalue weighted by Gasteiger charge is -2.31. The second-order valence-electron chi connectivity index (χ2n) is 8.86. The van der Waals surface area contributed by atoms with Crippen LogP contribution in [0.5, 0.6) is 0 Å². The van der Waals surface area contributed by atoms with E-state index in [1.165, 1.54) is 0 Å². The molecule has 8 heteroatoms. The maximum atomic E-state index is 12.9. The molecule has 1 amide bonds. The Morgan fingerprint density at radius 2 is 1.52 bits per heavy atom. The van der Waals surface area contributed by atoms with E-state index < -0.39 is 30.2 Å². The van der Waals surface area contributed by atoms with E-state index in [0.29, 0.717) is 12.8 Å². The van der Waals surface area contributed by atoms with E-state index >= 15 is 0 Å². The highest BCUT2D eigenvalue weighted by Gasteiger charge is 2.42. The van der Waals surface area contributed by atoms with Gasteiger partial charge in [-0.25, -0.2) is 9.59 Å². The molecule has 0 spiro atoms. The standard InChI is InChI=1S/C25H26F3NO4/c26-25(27,28)16-11-9-15(10-12-16)13-22(23(30)31)29-24(32)33-14-21-19-7-3-1-5-17(19)18-6-2-4-8-20(18)21/h1-8,15-16,21-22H,9-14H2,(H,29,32)(H,30,31)/t15?,16?,22-/m0/s1. The van der Waals surface area contributed by atoms with Gasteiger partial charge >= 0.3 is 18.2 Å². The van der Waals surface area contributed by atoms with Gasteiger partial charge in [-0.3, -0.25) is 0 Å². The molecular weight excluding hydrogens is 435 g/mol. The summed E-state index contributed by atoms with van der Waals surface area (Å²) in [5.74, 6) is -2.88. The Balaban J connectivity index is 1.34. The summed E-state index contributed by atoms with van der Waals surface area (Å²) in [6, 6.07) is 14.5. The van der Waals surface area contributed by atoms with Gasteiger partial charge in [0.05, 0.1) is 5.92 Å². The highest BCUT2D eigenvalue weighted by molar-refractivity contribution is 5.81. The third-order valence-corrected chi connectivity index (χ3v) is 6.81. The fraction of sp³-hybridized carbons (Fsp3) is 0.440. The van der Waals surface area contributed by atoms with Crippen molar-refractivity contribution in [1.29, 1.82) is 0 Å². The largest absolute Gasteiger partial charge is 0.480 e. The molecule has 0 radical (unpaired) electrons. The Kier molecular flexibility index (Phi) is 6.63. The first kappa shape index (κ1) is 23.1. The van der Waals surface area contributed by atoms with Crippen LogP contribution in [0.1, 0.15) is 49.1 Å². The monoisotopic (exact) mass is 461 g/mol. The predicted molar refractivity (Wildman–Crippen MR) is 116 cm³/mol. The molecule has 2 aromatic rings. The van der Waals surface area contributed by atoms with E-state index in [4.69, 9.17) is 4.74 Å². The number of carboxylic acid groups (broad SMARTS) is 1. The Morgan fingerprint density at radius 1 is 0.970 bits per heavy atom. The number of nitrogens with one attached hydrogen (secondary N) is 1. The van der Waals surface area contributed by atoms with E-state index in [9.17, 15) is 27.9 Å². The number of alkyl halides is 3. The third-order valence-electron chi connectivity index (χ3n) is 6.81. The molecule has 0 heterocycles. The van der Waals surface area contributed by atoms with Crippen molar-refractivity contribution in [2.24, 2.45) is 11.8 Å². The van der Waals surface area contributed by atoms with Gasteiger partial charge in [-0.1, -0.05) is 48.5 Å². The molecule has 33 heavy (non-hydrogen) atoms. The normalized spacial score (nSPS) is 21.1. The first-order chi connectivity index (χ1) is 15.7. The second-order valence-corrected chi connectivity index (χ2v) is 8.86. The number of hydrogen-bond donors (Lipinski definition) is 2. The van der Waals surface area contributed by atoms with Crippen molar-refractivity contribution in [3.63, 3.8) is 0 Å². The summed E-state index contributed by atoms with van der Waals surface area (Å²) < 4.78 is 44.0. The van der Waals surface area contributed by atoms with Crippen LogP contribution >= 0.6 is 0 Å². The van der Waals surface area contributed by atoms with E-state index in [0.717, 1.165) is 22.3 Å². The predicted octanol–water partition coefficient (Wildman–Crippen LogP) is 5.74. The van der Waals surface area contributed by atoms with Crippen LogP contribution in [-0.4, -0.2) is 36.0 Å². The molecular formula is C25H26F3NO4. The van der Waals surface area contributed by atoms with E-state index in [1.807, 2.05) is 48.5 Å². The van der Waals surface area contributed by atoms with Crippen molar-refractivity contribution in [3.8, 4) is 11.1 Å². The van der Waals surface area contributed by atoms with Crippen LogP contribution in [0.2, 0.25) is 0 Å². The fourth-order valence-electron chi connectivity index (χ4n) is 5.06. The summed E-state index contributed by atoms with van der Waals surface area (Å²) >= 11 is 0. The van der Waals surface area contributed by atoms with Crippen molar-refractivity contribution < 1.29 is 32.6 Å². The topological polar surface area (TPSA) is 75.6 Å². The lowest BCUT2D eigenvalue weighted by molar-refractivity contribution is -0.184. The summed E-state index contributed by atoms with van der Waals surface area (Å²) in [5.41, 5.74) is 4.25. The van der Waals surface area contributed by atoms with Crippen molar-refractivity contribution in [1.82, 2.24) is 5.32 Å². The number of fused-ring (bicyclic) bond motifs is 3. The van der Waals surface area contributed by atoms with Gasteiger partial charge in [0.25, 0.3) is 0 Å². The van der Waals surface area contributed by atoms with Gasteiger partial charge in [0.15, 0.2) is 0 Å². The molecule has 0 saturated heterocycles. The number of rotatable bonds is 6. The second kappa shape index (κ2) is 9.45. The van der Waals surface area contributed by atoms with Crippen LogP contribution in [0.3, 0.4) is 0 Å². The number of hydrogen-bond acceptors (Lipinski definition) is 3. The highest BCUT2D eigenvalue weighted by Crippen LogP contribution is 2.44. The summed E-state index contributed by atoms with van der Waals surface area (Å²) in [4.78, 5) is 24.1. The number of ether oxygens (including phenoxy) is 1. The number of carbonyl (C=O) groups excluding carboxylic acids is 1. The Morgan fingerprint density at radius 3 is 2.03 bits per heavy atom. The van der Waals surface area contributed by atoms with Gasteiger partial charge in [0.1, 0.15) is 12.6 Å². The molecule has 0 bridgehead atoms. The number of carbonyl (C=O) groups is 2. The molecule has 1 atom stereocenters. The average Bonchev–Trinajstić information content (AvgIpc) is 3.11. The lowest BCUT2D eigenvalue weighted by Crippen LogP contribution is -2.43. The summed E-state index contributed by atoms with van der Waals surface area (Å²) in [6.45, 7) is 0.0584. The molecule has 1 saturated carbocycles. The Labute approximate surface area is 189 Å². The summed E-state index contributed by atoms with van der Waals surface area (Å²) in [7, 11) is 0. The van der Waals surface area contributed by atoms with Gasteiger partial charge in [0.2, 0.25) is 0 Å². The van der Waals surface area contributed by atoms with Crippen LogP contribution < -0.4 is 5.32 Å². The number of amides is 1. The third kappa shape index (κ3) is 5.15. The molecule has 0 aromatic heterocycles. The van der Waals surface area contributed by atoms with Gasteiger partial charge < -0.3 is 15.2 Å². The van der Waals surface area contributed by atoms with Crippen molar-refractivity contribution in [2.45, 2.75) is 50.2 Å². The zero-order valence-corrected chi connectivity index (χ0v) is 18.0. The first-order valence-electron chi connectivity index (χ1n) is 11.1. The molecule has 4 rings (SSSR count). The highest BCUT2D eigenvalue weighted by atomic mass is 19.4. The molecule has 2 aliphatic carbocycles. The molecule has 5 nitrogen and oxygen atoms in total. The summed E-state index contributed by atoms with van der Waals surface area (Å²) in [5, 5.41) is 11.9. The number of alkyl carbamates (subject to hydrolysis) is 1. The SMILES string of the molecule is O=C(N[C@@H](CC1CCC(C(F)(F)F)CC1)C(=O)O)OCC1c2ccccc2-c2ccccc21. The molecule has 2 N–H and O–H groups in total. The van der Waals surface area contributed by atoms with Crippen molar-refractivity contribution >= 4 is 12.1 Å². The molecule has 176 valence electrons. The minimum atomic E-state index is -4.21. The molecule has 0 unspecified atom stereocenters. The lowest BCUT2D eigenvalue weighted by atomic mass is 9.79. The van der Waals surface area contributed by atoms with Crippen LogP contribution in [0.15, 0.2) is 48.5 Å². The maximum Gasteiger partial charge on any atom is 0.407 e. The van der Waals surface area contributed by atoms with Gasteiger partial charge in [-0.2, -0.15) is 13.2 Å². The van der Waals surface area contributed by atoms with E-state index in [-0.39, 0.29) is 37.7 Å². The van der Waals surface area contributed by atoms with Crippen molar-refractivity contribution in [2.75, 3.05) is 6.61 Å². The fourth-order valence-corrected chi connectivity index (χ4v) is 5.06. The minimum absolute atomic E-state index is 0.00848. The molecule has 2 aliphatic rings. The van der Waals surface area contributed by atoms with E-state index in [2.05, 4.69) is 5.32 Å². The number of carboxylic acids is 1. The summed E-state index contributed by atoms with van der Waals surface area (Å²) in [6.07, 6.45) is -4.40. The van der Waals surface area contributed by atoms with Gasteiger partial charge in [-0.15, -0.1) is 0 Å². The Hall–Kier alpha value is -3.03. The number of halogens is 3. The van der Waals surface area contributed by atoms with Crippen LogP contribution in [-0.2, 0) is 9.53 Å². The van der Waals surface area contributed by atoms with Crippen LogP contribution in [0.25, 0.3) is 11.1 Å². The number of benzene rings is 2. The number of aliphatic carboxylic acids is 1. The van der Waals surface area contributed by atoms with Crippen LogP contribution in [0, 0.1) is 11.8 Å². The smallest absolute Gasteiger partial charge is 0.407 e. The maximum absolute atomic E-state index is 12.9. The Bertz CT molecular complexity index is 969. The quantitative estimate of drug-likeness (QED) is 0.576. The molecule has 1 fully saturated rings. The molecule has 2 aromatic carbocycles. The van der Waals surface area contributed by atoms with Crippen LogP contribution in [0.4, 0.5) is 18.0 Å². The zero-order chi connectivity index (χ0) is 23.6. The van der Waals surface area contributed by atoms with Gasteiger partial charge in [0, 0.05) is 5.92 Å². The first-order valence-corrected chi connectivity index (χ1v) is 11.1.